The SMILES string of the molecule is CC(C)C.CC[C@@H]1[C@@H]2CN(C(=O)CNC(=O)O[C@@H]3C[C@H]3CCCCCc3nc4ccc(OC)cc4nc3O2)[C@@H]1C(=O)N[C@]1(C(=O)NS(=O)(=O)C2(C)CC2)C[C@H]1CC.[HH].[HH].[HH]. The molecule has 2 aromatic rings. The van der Waals surface area contributed by atoms with Crippen LogP contribution in [0.25, 0.3) is 11.0 Å². The molecule has 57 heavy (non-hydrogen) atoms. The number of methoxy groups -OCH3 is 1. The number of fused-ring (bicyclic) bond motifs is 5. The highest BCUT2D eigenvalue weighted by Gasteiger charge is 2.63. The number of aromatic nitrogens is 2. The Bertz CT molecular complexity index is 1970. The number of nitrogens with zero attached hydrogens (tertiary/aromatic N) is 3. The van der Waals surface area contributed by atoms with Crippen molar-refractivity contribution in [3.05, 3.63) is 23.9 Å². The number of amides is 4. The number of nitrogens with one attached hydrogen (secondary N) is 3. The summed E-state index contributed by atoms with van der Waals surface area (Å²) in [6, 6.07) is 4.36. The molecular formula is C41H66N6O9S. The number of carbonyl (C=O) groups excluding carboxylic acids is 4. The number of carbonyl (C=O) groups is 4. The largest absolute Gasteiger partial charge is 0.497 e. The fraction of sp³-hybridized carbons (Fsp3) is 0.707. The summed E-state index contributed by atoms with van der Waals surface area (Å²) in [4.78, 5) is 66.0. The zero-order chi connectivity index (χ0) is 41.3. The summed E-state index contributed by atoms with van der Waals surface area (Å²) < 4.78 is 45.0. The summed E-state index contributed by atoms with van der Waals surface area (Å²) in [7, 11) is -2.38. The van der Waals surface area contributed by atoms with E-state index in [2.05, 4.69) is 36.1 Å². The van der Waals surface area contributed by atoms with Crippen LogP contribution in [-0.2, 0) is 35.6 Å². The minimum Gasteiger partial charge on any atom is -0.497 e. The number of hydrogen-bond acceptors (Lipinski definition) is 11. The Morgan fingerprint density at radius 1 is 1.05 bits per heavy atom. The van der Waals surface area contributed by atoms with Crippen molar-refractivity contribution in [2.75, 3.05) is 20.2 Å². The van der Waals surface area contributed by atoms with Gasteiger partial charge in [0.05, 0.1) is 29.4 Å². The normalized spacial score (nSPS) is 29.4. The molecule has 1 saturated heterocycles. The number of benzene rings is 1. The third-order valence-electron chi connectivity index (χ3n) is 12.0. The molecule has 3 aliphatic carbocycles. The van der Waals surface area contributed by atoms with E-state index in [9.17, 15) is 27.6 Å². The summed E-state index contributed by atoms with van der Waals surface area (Å²) in [5.41, 5.74) is 0.492. The zero-order valence-electron chi connectivity index (χ0n) is 34.4. The molecular weight excluding hydrogens is 753 g/mol. The smallest absolute Gasteiger partial charge is 0.407 e. The second-order valence-electron chi connectivity index (χ2n) is 17.3. The third-order valence-corrected chi connectivity index (χ3v) is 14.2. The van der Waals surface area contributed by atoms with E-state index < -0.39 is 68.7 Å². The summed E-state index contributed by atoms with van der Waals surface area (Å²) in [6.07, 6.45) is 5.58. The van der Waals surface area contributed by atoms with Gasteiger partial charge in [-0.1, -0.05) is 53.9 Å². The van der Waals surface area contributed by atoms with Crippen molar-refractivity contribution < 1.29 is 46.1 Å². The highest BCUT2D eigenvalue weighted by molar-refractivity contribution is 7.91. The Balaban J connectivity index is 0.00000131. The molecule has 320 valence electrons. The predicted octanol–water partition coefficient (Wildman–Crippen LogP) is 5.54. The molecule has 1 aromatic carbocycles. The monoisotopic (exact) mass is 818 g/mol. The van der Waals surface area contributed by atoms with Gasteiger partial charge < -0.3 is 29.7 Å². The molecule has 2 bridgehead atoms. The number of sulfonamides is 1. The van der Waals surface area contributed by atoms with E-state index in [1.165, 1.54) is 4.90 Å². The van der Waals surface area contributed by atoms with Gasteiger partial charge in [-0.05, 0) is 88.2 Å². The maximum Gasteiger partial charge on any atom is 0.407 e. The van der Waals surface area contributed by atoms with Crippen LogP contribution in [0.5, 0.6) is 11.6 Å². The van der Waals surface area contributed by atoms with E-state index in [0.29, 0.717) is 60.5 Å². The molecule has 5 aliphatic rings. The lowest BCUT2D eigenvalue weighted by Gasteiger charge is -2.29. The number of ether oxygens (including phenoxy) is 3. The number of rotatable bonds is 8. The van der Waals surface area contributed by atoms with Crippen molar-refractivity contribution in [1.82, 2.24) is 30.2 Å². The molecule has 2 aliphatic heterocycles. The molecule has 16 heteroatoms. The molecule has 0 unspecified atom stereocenters. The van der Waals surface area contributed by atoms with Gasteiger partial charge in [0.25, 0.3) is 5.91 Å². The Kier molecular flexibility index (Phi) is 12.6. The summed E-state index contributed by atoms with van der Waals surface area (Å²) in [6.45, 7) is 11.4. The van der Waals surface area contributed by atoms with Gasteiger partial charge in [0.1, 0.15) is 41.8 Å². The van der Waals surface area contributed by atoms with Crippen LogP contribution in [0.2, 0.25) is 0 Å². The van der Waals surface area contributed by atoms with E-state index >= 15 is 0 Å². The van der Waals surface area contributed by atoms with Crippen molar-refractivity contribution in [1.29, 1.82) is 0 Å². The highest BCUT2D eigenvalue weighted by atomic mass is 32.2. The summed E-state index contributed by atoms with van der Waals surface area (Å²) in [5.74, 6) is -0.692. The first kappa shape index (κ1) is 42.4. The lowest BCUT2D eigenvalue weighted by Crippen LogP contribution is -2.58. The number of alkyl carbamates (subject to hydrolysis) is 1. The van der Waals surface area contributed by atoms with Crippen LogP contribution < -0.4 is 24.8 Å². The Labute approximate surface area is 340 Å². The van der Waals surface area contributed by atoms with Gasteiger partial charge in [0.2, 0.25) is 27.7 Å². The molecule has 7 atom stereocenters. The molecule has 4 fully saturated rings. The van der Waals surface area contributed by atoms with E-state index in [4.69, 9.17) is 24.2 Å². The zero-order valence-corrected chi connectivity index (χ0v) is 35.2. The van der Waals surface area contributed by atoms with E-state index in [1.807, 2.05) is 26.0 Å². The van der Waals surface area contributed by atoms with E-state index in [-0.39, 0.29) is 35.2 Å². The molecule has 7 rings (SSSR count). The molecule has 1 aromatic heterocycles. The van der Waals surface area contributed by atoms with Gasteiger partial charge in [-0.2, -0.15) is 0 Å². The summed E-state index contributed by atoms with van der Waals surface area (Å²) in [5, 5.41) is 5.47. The maximum atomic E-state index is 14.5. The van der Waals surface area contributed by atoms with Gasteiger partial charge in [-0.15, -0.1) is 0 Å². The van der Waals surface area contributed by atoms with E-state index in [1.54, 1.807) is 20.1 Å². The lowest BCUT2D eigenvalue weighted by molar-refractivity contribution is -0.140. The van der Waals surface area contributed by atoms with Gasteiger partial charge in [0, 0.05) is 16.3 Å². The van der Waals surface area contributed by atoms with E-state index in [0.717, 1.165) is 38.0 Å². The van der Waals surface area contributed by atoms with Crippen LogP contribution in [0.1, 0.15) is 116 Å². The van der Waals surface area contributed by atoms with Gasteiger partial charge in [-0.3, -0.25) is 19.1 Å². The summed E-state index contributed by atoms with van der Waals surface area (Å²) >= 11 is 0. The van der Waals surface area contributed by atoms with Crippen molar-refractivity contribution >= 4 is 44.9 Å². The van der Waals surface area contributed by atoms with Gasteiger partial charge in [-0.25, -0.2) is 23.2 Å². The molecule has 4 amide bonds. The topological polar surface area (TPSA) is 195 Å². The quantitative estimate of drug-likeness (QED) is 0.303. The van der Waals surface area contributed by atoms with Crippen LogP contribution in [0.3, 0.4) is 0 Å². The van der Waals surface area contributed by atoms with Crippen LogP contribution in [0, 0.1) is 23.7 Å². The molecule has 3 saturated carbocycles. The minimum atomic E-state index is -3.96. The molecule has 0 spiro atoms. The Morgan fingerprint density at radius 3 is 2.44 bits per heavy atom. The predicted molar refractivity (Wildman–Crippen MR) is 219 cm³/mol. The Hall–Kier alpha value is -4.21. The first-order valence-corrected chi connectivity index (χ1v) is 22.2. The van der Waals surface area contributed by atoms with Crippen LogP contribution in [0.15, 0.2) is 18.2 Å². The first-order valence-electron chi connectivity index (χ1n) is 20.7. The molecule has 0 radical (unpaired) electrons. The lowest BCUT2D eigenvalue weighted by atomic mass is 9.93. The third kappa shape index (κ3) is 9.41. The minimum absolute atomic E-state index is 0. The molecule has 15 nitrogen and oxygen atoms in total. The fourth-order valence-electron chi connectivity index (χ4n) is 8.02. The highest BCUT2D eigenvalue weighted by Crippen LogP contribution is 2.48. The van der Waals surface area contributed by atoms with Crippen molar-refractivity contribution in [3.63, 3.8) is 0 Å². The van der Waals surface area contributed by atoms with Gasteiger partial charge in [0.15, 0.2) is 0 Å². The van der Waals surface area contributed by atoms with Crippen molar-refractivity contribution in [3.8, 4) is 11.6 Å². The van der Waals surface area contributed by atoms with Crippen molar-refractivity contribution in [2.24, 2.45) is 23.7 Å². The average Bonchev–Trinajstić information content (AvgIpc) is 4.12. The first-order chi connectivity index (χ1) is 27.0. The fourth-order valence-corrected chi connectivity index (χ4v) is 9.33. The van der Waals surface area contributed by atoms with Crippen LogP contribution in [0.4, 0.5) is 4.79 Å². The number of aryl methyl sites for hydroxylation is 1. The maximum absolute atomic E-state index is 14.5. The Morgan fingerprint density at radius 2 is 1.79 bits per heavy atom. The molecule has 3 N–H and O–H groups in total. The molecule has 3 heterocycles. The van der Waals surface area contributed by atoms with Crippen molar-refractivity contribution in [2.45, 2.75) is 141 Å². The average molecular weight is 819 g/mol. The van der Waals surface area contributed by atoms with Crippen LogP contribution in [-0.4, -0.2) is 95.8 Å². The second-order valence-corrected chi connectivity index (χ2v) is 19.5. The number of hydrogen-bond donors (Lipinski definition) is 3. The van der Waals surface area contributed by atoms with Crippen LogP contribution >= 0.6 is 0 Å². The van der Waals surface area contributed by atoms with Gasteiger partial charge >= 0.3 is 6.09 Å². The standard InChI is InChI=1S/C37H50N6O9S.C4H10.3H2/c1-5-22-18-37(22,34(46)42-53(48,49)36(3)14-15-36)41-32(45)31-24(6-2)29-20-43(31)30(44)19-38-35(47)52-28-16-21(28)10-8-7-9-11-26-33(51-29)40-27-17-23(50-4)12-13-25(27)39-26;1-4(2)3;;;/h12-13,17,21-22,24,28-29,31H,5-11,14-16,18-20H2,1-4H3,(H,38,47)(H,41,45)(H,42,46);4H,1-3H3;3*1H/t21-,22-,24-,28-,29+,31+,37-;;;;/m1..../s1. The second kappa shape index (κ2) is 16.9.